The smallest absolute Gasteiger partial charge is 0.310 e. The molecule has 0 saturated heterocycles. The Kier molecular flexibility index (Phi) is 4.83. The fourth-order valence-corrected chi connectivity index (χ4v) is 1.31. The third kappa shape index (κ3) is 4.34. The van der Waals surface area contributed by atoms with E-state index in [0.29, 0.717) is 18.2 Å². The summed E-state index contributed by atoms with van der Waals surface area (Å²) >= 11 is 0. The molecule has 0 bridgehead atoms. The van der Waals surface area contributed by atoms with E-state index in [1.54, 1.807) is 6.07 Å². The molecular weight excluding hydrogens is 202 g/mol. The number of hydrogen-bond acceptors (Lipinski definition) is 3. The highest BCUT2D eigenvalue weighted by Gasteiger charge is 2.07. The first-order chi connectivity index (χ1) is 7.59. The highest BCUT2D eigenvalue weighted by molar-refractivity contribution is 5.74. The number of esters is 1. The van der Waals surface area contributed by atoms with Gasteiger partial charge in [0, 0.05) is 5.69 Å². The summed E-state index contributed by atoms with van der Waals surface area (Å²) in [7, 11) is 0. The fourth-order valence-electron chi connectivity index (χ4n) is 1.31. The van der Waals surface area contributed by atoms with Crippen molar-refractivity contribution >= 4 is 11.7 Å². The maximum Gasteiger partial charge on any atom is 0.310 e. The second-order valence-corrected chi connectivity index (χ2v) is 4.28. The van der Waals surface area contributed by atoms with Gasteiger partial charge in [0.25, 0.3) is 0 Å². The Morgan fingerprint density at radius 2 is 2.06 bits per heavy atom. The normalized spacial score (nSPS) is 10.4. The summed E-state index contributed by atoms with van der Waals surface area (Å²) in [5, 5.41) is 0. The second kappa shape index (κ2) is 6.16. The molecule has 0 aliphatic carbocycles. The highest BCUT2D eigenvalue weighted by atomic mass is 16.5. The molecule has 0 atom stereocenters. The molecule has 0 radical (unpaired) electrons. The van der Waals surface area contributed by atoms with Gasteiger partial charge in [-0.1, -0.05) is 32.0 Å². The summed E-state index contributed by atoms with van der Waals surface area (Å²) in [6.45, 7) is 4.69. The van der Waals surface area contributed by atoms with E-state index >= 15 is 0 Å². The summed E-state index contributed by atoms with van der Waals surface area (Å²) < 4.78 is 5.12. The zero-order chi connectivity index (χ0) is 12.0. The summed E-state index contributed by atoms with van der Waals surface area (Å²) in [4.78, 5) is 11.5. The average molecular weight is 221 g/mol. The van der Waals surface area contributed by atoms with Gasteiger partial charge in [0.15, 0.2) is 0 Å². The SMILES string of the molecule is CC(C)CCOC(=O)Cc1ccccc1N. The molecule has 0 spiro atoms. The topological polar surface area (TPSA) is 52.3 Å². The van der Waals surface area contributed by atoms with E-state index in [4.69, 9.17) is 10.5 Å². The lowest BCUT2D eigenvalue weighted by Gasteiger charge is -2.07. The Bertz CT molecular complexity index is 348. The molecule has 0 aliphatic heterocycles. The van der Waals surface area contributed by atoms with Crippen molar-refractivity contribution in [1.82, 2.24) is 0 Å². The molecule has 0 saturated carbocycles. The number of anilines is 1. The van der Waals surface area contributed by atoms with E-state index in [1.807, 2.05) is 18.2 Å². The molecule has 2 N–H and O–H groups in total. The zero-order valence-electron chi connectivity index (χ0n) is 9.90. The van der Waals surface area contributed by atoms with Crippen LogP contribution >= 0.6 is 0 Å². The quantitative estimate of drug-likeness (QED) is 0.613. The minimum Gasteiger partial charge on any atom is -0.465 e. The number of nitrogens with two attached hydrogens (primary N) is 1. The van der Waals surface area contributed by atoms with Crippen molar-refractivity contribution in [2.75, 3.05) is 12.3 Å². The lowest BCUT2D eigenvalue weighted by atomic mass is 10.1. The van der Waals surface area contributed by atoms with Crippen molar-refractivity contribution in [2.24, 2.45) is 5.92 Å². The van der Waals surface area contributed by atoms with E-state index in [0.717, 1.165) is 12.0 Å². The number of hydrogen-bond donors (Lipinski definition) is 1. The van der Waals surface area contributed by atoms with Crippen molar-refractivity contribution in [1.29, 1.82) is 0 Å². The van der Waals surface area contributed by atoms with E-state index in [-0.39, 0.29) is 12.4 Å². The number of rotatable bonds is 5. The lowest BCUT2D eigenvalue weighted by Crippen LogP contribution is -2.11. The van der Waals surface area contributed by atoms with Gasteiger partial charge in [0.2, 0.25) is 0 Å². The lowest BCUT2D eigenvalue weighted by molar-refractivity contribution is -0.143. The average Bonchev–Trinajstić information content (AvgIpc) is 2.21. The van der Waals surface area contributed by atoms with Crippen molar-refractivity contribution in [3.05, 3.63) is 29.8 Å². The maximum atomic E-state index is 11.5. The molecule has 88 valence electrons. The van der Waals surface area contributed by atoms with Crippen molar-refractivity contribution < 1.29 is 9.53 Å². The van der Waals surface area contributed by atoms with Gasteiger partial charge in [-0.25, -0.2) is 0 Å². The predicted molar refractivity (Wildman–Crippen MR) is 65.0 cm³/mol. The van der Waals surface area contributed by atoms with Crippen LogP contribution in [-0.4, -0.2) is 12.6 Å². The van der Waals surface area contributed by atoms with Crippen LogP contribution in [0, 0.1) is 5.92 Å². The van der Waals surface area contributed by atoms with Crippen LogP contribution < -0.4 is 5.73 Å². The second-order valence-electron chi connectivity index (χ2n) is 4.28. The molecule has 0 amide bonds. The molecule has 0 unspecified atom stereocenters. The summed E-state index contributed by atoms with van der Waals surface area (Å²) in [6.07, 6.45) is 1.15. The van der Waals surface area contributed by atoms with Gasteiger partial charge >= 0.3 is 5.97 Å². The molecule has 3 heteroatoms. The number of ether oxygens (including phenoxy) is 1. The predicted octanol–water partition coefficient (Wildman–Crippen LogP) is 2.40. The number of para-hydroxylation sites is 1. The Labute approximate surface area is 96.6 Å². The van der Waals surface area contributed by atoms with Crippen LogP contribution in [0.2, 0.25) is 0 Å². The third-order valence-electron chi connectivity index (χ3n) is 2.35. The van der Waals surface area contributed by atoms with Gasteiger partial charge < -0.3 is 10.5 Å². The number of carbonyl (C=O) groups is 1. The summed E-state index contributed by atoms with van der Waals surface area (Å²) in [6, 6.07) is 7.35. The standard InChI is InChI=1S/C13H19NO2/c1-10(2)7-8-16-13(15)9-11-5-3-4-6-12(11)14/h3-6,10H,7-9,14H2,1-2H3. The van der Waals surface area contributed by atoms with E-state index in [2.05, 4.69) is 13.8 Å². The first kappa shape index (κ1) is 12.6. The number of carbonyl (C=O) groups excluding carboxylic acids is 1. The first-order valence-electron chi connectivity index (χ1n) is 5.58. The molecule has 0 heterocycles. The Hall–Kier alpha value is -1.51. The first-order valence-corrected chi connectivity index (χ1v) is 5.58. The van der Waals surface area contributed by atoms with Gasteiger partial charge in [-0.05, 0) is 24.0 Å². The van der Waals surface area contributed by atoms with Crippen LogP contribution in [0.5, 0.6) is 0 Å². The third-order valence-corrected chi connectivity index (χ3v) is 2.35. The minimum absolute atomic E-state index is 0.210. The molecule has 1 aromatic carbocycles. The molecule has 16 heavy (non-hydrogen) atoms. The van der Waals surface area contributed by atoms with Crippen molar-refractivity contribution in [2.45, 2.75) is 26.7 Å². The largest absolute Gasteiger partial charge is 0.465 e. The molecular formula is C13H19NO2. The van der Waals surface area contributed by atoms with Crippen LogP contribution in [0.1, 0.15) is 25.8 Å². The highest BCUT2D eigenvalue weighted by Crippen LogP contribution is 2.11. The Morgan fingerprint density at radius 3 is 2.69 bits per heavy atom. The van der Waals surface area contributed by atoms with Crippen LogP contribution in [0.25, 0.3) is 0 Å². The molecule has 3 nitrogen and oxygen atoms in total. The van der Waals surface area contributed by atoms with E-state index < -0.39 is 0 Å². The van der Waals surface area contributed by atoms with Crippen LogP contribution in [0.3, 0.4) is 0 Å². The van der Waals surface area contributed by atoms with Crippen LogP contribution in [0.15, 0.2) is 24.3 Å². The summed E-state index contributed by atoms with van der Waals surface area (Å²) in [5.41, 5.74) is 7.21. The van der Waals surface area contributed by atoms with Gasteiger partial charge in [-0.2, -0.15) is 0 Å². The fraction of sp³-hybridized carbons (Fsp3) is 0.462. The van der Waals surface area contributed by atoms with Crippen molar-refractivity contribution in [3.8, 4) is 0 Å². The zero-order valence-corrected chi connectivity index (χ0v) is 9.90. The Balaban J connectivity index is 2.37. The van der Waals surface area contributed by atoms with E-state index in [1.165, 1.54) is 0 Å². The van der Waals surface area contributed by atoms with Gasteiger partial charge in [0.05, 0.1) is 13.0 Å². The van der Waals surface area contributed by atoms with E-state index in [9.17, 15) is 4.79 Å². The summed E-state index contributed by atoms with van der Waals surface area (Å²) in [5.74, 6) is 0.341. The van der Waals surface area contributed by atoms with Gasteiger partial charge in [-0.15, -0.1) is 0 Å². The number of benzene rings is 1. The van der Waals surface area contributed by atoms with Gasteiger partial charge in [-0.3, -0.25) is 4.79 Å². The monoisotopic (exact) mass is 221 g/mol. The molecule has 1 rings (SSSR count). The van der Waals surface area contributed by atoms with Gasteiger partial charge in [0.1, 0.15) is 0 Å². The van der Waals surface area contributed by atoms with Crippen molar-refractivity contribution in [3.63, 3.8) is 0 Å². The van der Waals surface area contributed by atoms with Crippen LogP contribution in [0.4, 0.5) is 5.69 Å². The minimum atomic E-state index is -0.210. The number of nitrogen functional groups attached to an aromatic ring is 1. The molecule has 0 fully saturated rings. The molecule has 1 aromatic rings. The van der Waals surface area contributed by atoms with Crippen LogP contribution in [-0.2, 0) is 16.0 Å². The molecule has 0 aromatic heterocycles. The molecule has 0 aliphatic rings. The maximum absolute atomic E-state index is 11.5. The Morgan fingerprint density at radius 1 is 1.38 bits per heavy atom.